The second-order valence-corrected chi connectivity index (χ2v) is 20.1. The number of hydrogen-bond acceptors (Lipinski definition) is 4. The molecule has 4 heteroatoms. The Hall–Kier alpha value is -6.08. The van der Waals surface area contributed by atoms with Crippen molar-refractivity contribution in [3.05, 3.63) is 207 Å². The largest absolute Gasteiger partial charge is 0.135 e. The number of rotatable bonds is 0. The van der Waals surface area contributed by atoms with E-state index in [1.54, 1.807) is 45.3 Å². The molecule has 0 atom stereocenters. The molecule has 0 saturated heterocycles. The van der Waals surface area contributed by atoms with Crippen molar-refractivity contribution in [3.63, 3.8) is 0 Å². The zero-order valence-corrected chi connectivity index (χ0v) is 35.1. The van der Waals surface area contributed by atoms with E-state index in [2.05, 4.69) is 190 Å². The highest BCUT2D eigenvalue weighted by Crippen LogP contribution is 2.78. The fraction of sp³-hybridized carbons (Fsp3) is 0.127. The summed E-state index contributed by atoms with van der Waals surface area (Å²) in [5.41, 5.74) is 15.5. The van der Waals surface area contributed by atoms with Gasteiger partial charge in [-0.05, 0) is 170 Å². The van der Waals surface area contributed by atoms with Crippen LogP contribution < -0.4 is 0 Å². The zero-order chi connectivity index (χ0) is 39.0. The van der Waals surface area contributed by atoms with Gasteiger partial charge in [-0.3, -0.25) is 0 Å². The molecule has 0 amide bonds. The first-order valence-electron chi connectivity index (χ1n) is 19.9. The Balaban J connectivity index is 0.940. The maximum absolute atomic E-state index is 3.51. The third-order valence-electron chi connectivity index (χ3n) is 12.8. The van der Waals surface area contributed by atoms with Crippen LogP contribution >= 0.6 is 45.3 Å². The third-order valence-corrected chi connectivity index (χ3v) is 16.0. The summed E-state index contributed by atoms with van der Waals surface area (Å²) in [5.74, 6) is 27.7. The van der Waals surface area contributed by atoms with Gasteiger partial charge in [0.1, 0.15) is 0 Å². The summed E-state index contributed by atoms with van der Waals surface area (Å²) in [6, 6.07) is 44.5. The molecule has 0 N–H and O–H groups in total. The molecule has 2 saturated carbocycles. The highest BCUT2D eigenvalue weighted by Gasteiger charge is 2.69. The van der Waals surface area contributed by atoms with Gasteiger partial charge in [0.05, 0.1) is 19.5 Å². The number of fused-ring (bicyclic) bond motifs is 10. The van der Waals surface area contributed by atoms with Gasteiger partial charge >= 0.3 is 0 Å². The molecule has 8 aromatic rings. The average molecular weight is 821 g/mol. The third kappa shape index (κ3) is 5.76. The van der Waals surface area contributed by atoms with Crippen LogP contribution in [0, 0.1) is 52.8 Å². The Morgan fingerprint density at radius 3 is 0.831 bits per heavy atom. The molecule has 12 rings (SSSR count). The smallest absolute Gasteiger partial charge is 0.0772 e. The first kappa shape index (κ1) is 34.9. The minimum absolute atomic E-state index is 0.0696. The van der Waals surface area contributed by atoms with Crippen molar-refractivity contribution < 1.29 is 0 Å². The van der Waals surface area contributed by atoms with Crippen molar-refractivity contribution >= 4 is 45.3 Å². The summed E-state index contributed by atoms with van der Waals surface area (Å²) in [6.45, 7) is 0. The molecule has 4 aromatic heterocycles. The lowest BCUT2D eigenvalue weighted by Gasteiger charge is -2.67. The average Bonchev–Trinajstić information content (AvgIpc) is 4.11. The van der Waals surface area contributed by atoms with Crippen molar-refractivity contribution in [2.45, 2.75) is 36.5 Å². The van der Waals surface area contributed by atoms with Crippen molar-refractivity contribution in [2.24, 2.45) is 5.41 Å². The monoisotopic (exact) mass is 820 g/mol. The maximum Gasteiger partial charge on any atom is 0.0772 e. The van der Waals surface area contributed by atoms with E-state index >= 15 is 0 Å². The van der Waals surface area contributed by atoms with Gasteiger partial charge in [0.15, 0.2) is 0 Å². The Bertz CT molecular complexity index is 2790. The Morgan fingerprint density at radius 2 is 0.593 bits per heavy atom. The number of thiophene rings is 4. The first-order chi connectivity index (χ1) is 29.0. The molecule has 4 aliphatic rings. The van der Waals surface area contributed by atoms with E-state index < -0.39 is 0 Å². The van der Waals surface area contributed by atoms with Gasteiger partial charge in [-0.15, -0.1) is 45.3 Å². The van der Waals surface area contributed by atoms with E-state index in [1.807, 2.05) is 0 Å². The molecule has 2 fully saturated rings. The lowest BCUT2D eigenvalue weighted by molar-refractivity contribution is -0.0735. The van der Waals surface area contributed by atoms with Gasteiger partial charge in [0.25, 0.3) is 0 Å². The van der Waals surface area contributed by atoms with Crippen molar-refractivity contribution in [3.8, 4) is 69.6 Å². The summed E-state index contributed by atoms with van der Waals surface area (Å²) in [6.07, 6.45) is 4.47. The van der Waals surface area contributed by atoms with Crippen molar-refractivity contribution in [1.82, 2.24) is 0 Å². The van der Waals surface area contributed by atoms with Crippen molar-refractivity contribution in [2.75, 3.05) is 0 Å². The lowest BCUT2D eigenvalue weighted by Crippen LogP contribution is -2.61. The minimum atomic E-state index is -0.0696. The van der Waals surface area contributed by atoms with Crippen LogP contribution in [0.25, 0.3) is 22.3 Å². The SMILES string of the molecule is C(#Cc1cccs1)c1ccc2c(c1)C1(CC3(C1)CC1(C3)c3cc(C#Cc4cccs4)ccc3-c3ccc(C#Cc4cccs4)cc31)c1cc(C#Cc3cccs3)ccc1-2. The molecule has 0 nitrogen and oxygen atoms in total. The number of benzene rings is 4. The van der Waals surface area contributed by atoms with Gasteiger partial charge in [0.2, 0.25) is 0 Å². The molecule has 4 aromatic carbocycles. The molecular formula is C55H32S4. The molecule has 0 radical (unpaired) electrons. The predicted octanol–water partition coefficient (Wildman–Crippen LogP) is 13.3. The van der Waals surface area contributed by atoms with E-state index in [0.29, 0.717) is 0 Å². The molecule has 4 heterocycles. The van der Waals surface area contributed by atoms with Crippen LogP contribution in [0.5, 0.6) is 0 Å². The Morgan fingerprint density at radius 1 is 0.322 bits per heavy atom. The molecule has 4 aliphatic carbocycles. The fourth-order valence-corrected chi connectivity index (χ4v) is 13.0. The molecule has 276 valence electrons. The van der Waals surface area contributed by atoms with E-state index in [-0.39, 0.29) is 16.2 Å². The number of hydrogen-bond donors (Lipinski definition) is 0. The van der Waals surface area contributed by atoms with E-state index in [9.17, 15) is 0 Å². The van der Waals surface area contributed by atoms with Gasteiger partial charge in [0, 0.05) is 33.1 Å². The highest BCUT2D eigenvalue weighted by atomic mass is 32.1. The maximum atomic E-state index is 3.51. The molecule has 0 aliphatic heterocycles. The summed E-state index contributed by atoms with van der Waals surface area (Å²) < 4.78 is 0. The van der Waals surface area contributed by atoms with Crippen LogP contribution in [-0.4, -0.2) is 0 Å². The Kier molecular flexibility index (Phi) is 7.98. The van der Waals surface area contributed by atoms with Gasteiger partial charge in [-0.25, -0.2) is 0 Å². The lowest BCUT2D eigenvalue weighted by atomic mass is 9.36. The first-order valence-corrected chi connectivity index (χ1v) is 23.4. The van der Waals surface area contributed by atoms with Crippen LogP contribution in [0.15, 0.2) is 143 Å². The van der Waals surface area contributed by atoms with E-state index in [0.717, 1.165) is 67.4 Å². The molecule has 0 unspecified atom stereocenters. The normalized spacial score (nSPS) is 15.7. The molecule has 59 heavy (non-hydrogen) atoms. The van der Waals surface area contributed by atoms with Crippen LogP contribution in [0.1, 0.15) is 89.7 Å². The predicted molar refractivity (Wildman–Crippen MR) is 247 cm³/mol. The van der Waals surface area contributed by atoms with Crippen molar-refractivity contribution in [1.29, 1.82) is 0 Å². The van der Waals surface area contributed by atoms with Gasteiger partial charge in [-0.2, -0.15) is 0 Å². The Labute approximate surface area is 361 Å². The van der Waals surface area contributed by atoms with Gasteiger partial charge < -0.3 is 0 Å². The molecular weight excluding hydrogens is 789 g/mol. The van der Waals surface area contributed by atoms with Crippen LogP contribution in [-0.2, 0) is 10.8 Å². The molecule has 0 bridgehead atoms. The van der Waals surface area contributed by atoms with E-state index in [4.69, 9.17) is 0 Å². The van der Waals surface area contributed by atoms with Crippen LogP contribution in [0.3, 0.4) is 0 Å². The standard InChI is InChI=1S/C55H32S4/c1-5-41(56-25-1)17-9-37-13-21-45-46-22-14-38(10-18-42-6-2-26-57-42)30-50(46)54(49(45)29-37)33-53(34-54)35-55(36-53)51-31-39(11-19-43-7-3-27-58-43)15-23-47(51)48-24-16-40(32-52(48)55)12-20-44-8-4-28-59-44/h1-8,13-16,21-32H,33-36H2. The van der Waals surface area contributed by atoms with Gasteiger partial charge in [-0.1, -0.05) is 95.9 Å². The minimum Gasteiger partial charge on any atom is -0.135 e. The second kappa shape index (κ2) is 13.5. The molecule has 3 spiro atoms. The van der Waals surface area contributed by atoms with Crippen LogP contribution in [0.4, 0.5) is 0 Å². The fourth-order valence-electron chi connectivity index (χ4n) is 10.7. The summed E-state index contributed by atoms with van der Waals surface area (Å²) in [5, 5.41) is 8.37. The summed E-state index contributed by atoms with van der Waals surface area (Å²) >= 11 is 6.77. The van der Waals surface area contributed by atoms with E-state index in [1.165, 1.54) is 44.5 Å². The summed E-state index contributed by atoms with van der Waals surface area (Å²) in [4.78, 5) is 4.38. The zero-order valence-electron chi connectivity index (χ0n) is 31.8. The second-order valence-electron chi connectivity index (χ2n) is 16.3. The van der Waals surface area contributed by atoms with Crippen LogP contribution in [0.2, 0.25) is 0 Å². The highest BCUT2D eigenvalue weighted by molar-refractivity contribution is 7.11. The topological polar surface area (TPSA) is 0 Å². The summed E-state index contributed by atoms with van der Waals surface area (Å²) in [7, 11) is 0. The quantitative estimate of drug-likeness (QED) is 0.134.